The Morgan fingerprint density at radius 2 is 2.36 bits per heavy atom. The molecule has 0 saturated carbocycles. The number of fused-ring (bicyclic) bond motifs is 1. The van der Waals surface area contributed by atoms with Crippen LogP contribution in [-0.4, -0.2) is 28.9 Å². The highest BCUT2D eigenvalue weighted by atomic mass is 16.5. The Labute approximate surface area is 80.7 Å². The molecule has 0 fully saturated rings. The van der Waals surface area contributed by atoms with Gasteiger partial charge in [-0.15, -0.1) is 0 Å². The van der Waals surface area contributed by atoms with Gasteiger partial charge in [0.15, 0.2) is 0 Å². The van der Waals surface area contributed by atoms with Crippen molar-refractivity contribution in [2.45, 2.75) is 12.5 Å². The van der Waals surface area contributed by atoms with Crippen LogP contribution in [0.2, 0.25) is 0 Å². The Kier molecular flexibility index (Phi) is 2.13. The van der Waals surface area contributed by atoms with Crippen LogP contribution in [0.4, 0.5) is 0 Å². The molecule has 1 heterocycles. The maximum absolute atomic E-state index is 10.7. The SMILES string of the molecule is O=C(O)c1ccc2c(c1)CC(CO)O2. The summed E-state index contributed by atoms with van der Waals surface area (Å²) in [5, 5.41) is 17.6. The molecule has 1 aliphatic rings. The van der Waals surface area contributed by atoms with Crippen molar-refractivity contribution in [2.24, 2.45) is 0 Å². The van der Waals surface area contributed by atoms with E-state index in [0.717, 1.165) is 5.56 Å². The zero-order valence-corrected chi connectivity index (χ0v) is 7.43. The Bertz CT molecular complexity index is 372. The summed E-state index contributed by atoms with van der Waals surface area (Å²) < 4.78 is 5.35. The lowest BCUT2D eigenvalue weighted by molar-refractivity contribution is 0.0697. The molecule has 1 unspecified atom stereocenters. The smallest absolute Gasteiger partial charge is 0.335 e. The highest BCUT2D eigenvalue weighted by Crippen LogP contribution is 2.29. The van der Waals surface area contributed by atoms with Crippen molar-refractivity contribution in [1.82, 2.24) is 0 Å². The molecule has 0 amide bonds. The molecule has 1 atom stereocenters. The van der Waals surface area contributed by atoms with Crippen LogP contribution in [0.1, 0.15) is 15.9 Å². The van der Waals surface area contributed by atoms with Crippen molar-refractivity contribution in [2.75, 3.05) is 6.61 Å². The van der Waals surface area contributed by atoms with Crippen molar-refractivity contribution in [1.29, 1.82) is 0 Å². The first kappa shape index (κ1) is 9.02. The van der Waals surface area contributed by atoms with Gasteiger partial charge in [0.25, 0.3) is 0 Å². The van der Waals surface area contributed by atoms with Gasteiger partial charge in [0.1, 0.15) is 11.9 Å². The van der Waals surface area contributed by atoms with Crippen LogP contribution in [0.5, 0.6) is 5.75 Å². The lowest BCUT2D eigenvalue weighted by Gasteiger charge is -2.04. The van der Waals surface area contributed by atoms with Gasteiger partial charge in [0.2, 0.25) is 0 Å². The molecule has 0 bridgehead atoms. The molecule has 0 saturated heterocycles. The molecule has 0 radical (unpaired) electrons. The van der Waals surface area contributed by atoms with E-state index in [2.05, 4.69) is 0 Å². The predicted molar refractivity (Wildman–Crippen MR) is 48.6 cm³/mol. The third-order valence-corrected chi connectivity index (χ3v) is 2.25. The topological polar surface area (TPSA) is 66.8 Å². The van der Waals surface area contributed by atoms with Crippen LogP contribution in [0.3, 0.4) is 0 Å². The van der Waals surface area contributed by atoms with Crippen molar-refractivity contribution < 1.29 is 19.7 Å². The highest BCUT2D eigenvalue weighted by molar-refractivity contribution is 5.88. The molecule has 1 aromatic rings. The Hall–Kier alpha value is -1.55. The molecule has 4 nitrogen and oxygen atoms in total. The van der Waals surface area contributed by atoms with Gasteiger partial charge in [0.05, 0.1) is 12.2 Å². The second-order valence-corrected chi connectivity index (χ2v) is 3.25. The first-order valence-electron chi connectivity index (χ1n) is 4.34. The summed E-state index contributed by atoms with van der Waals surface area (Å²) in [7, 11) is 0. The Balaban J connectivity index is 2.31. The fourth-order valence-electron chi connectivity index (χ4n) is 1.56. The van der Waals surface area contributed by atoms with E-state index in [1.807, 2.05) is 0 Å². The lowest BCUT2D eigenvalue weighted by atomic mass is 10.1. The maximum atomic E-state index is 10.7. The molecule has 2 rings (SSSR count). The van der Waals surface area contributed by atoms with E-state index in [4.69, 9.17) is 14.9 Å². The van der Waals surface area contributed by atoms with Crippen molar-refractivity contribution in [3.63, 3.8) is 0 Å². The number of carboxylic acid groups (broad SMARTS) is 1. The van der Waals surface area contributed by atoms with Crippen LogP contribution in [-0.2, 0) is 6.42 Å². The standard InChI is InChI=1S/C10H10O4/c11-5-8-4-7-3-6(10(12)13)1-2-9(7)14-8/h1-3,8,11H,4-5H2,(H,12,13). The zero-order valence-electron chi connectivity index (χ0n) is 7.43. The minimum absolute atomic E-state index is 0.0446. The van der Waals surface area contributed by atoms with E-state index >= 15 is 0 Å². The number of aliphatic hydroxyl groups is 1. The fraction of sp³-hybridized carbons (Fsp3) is 0.300. The molecule has 74 valence electrons. The highest BCUT2D eigenvalue weighted by Gasteiger charge is 2.22. The number of rotatable bonds is 2. The molecule has 2 N–H and O–H groups in total. The van der Waals surface area contributed by atoms with E-state index in [-0.39, 0.29) is 18.3 Å². The number of aliphatic hydroxyl groups excluding tert-OH is 1. The van der Waals surface area contributed by atoms with Crippen LogP contribution >= 0.6 is 0 Å². The molecule has 1 aromatic carbocycles. The molecule has 0 aliphatic carbocycles. The maximum Gasteiger partial charge on any atom is 0.335 e. The summed E-state index contributed by atoms with van der Waals surface area (Å²) >= 11 is 0. The third-order valence-electron chi connectivity index (χ3n) is 2.25. The monoisotopic (exact) mass is 194 g/mol. The molecule has 1 aliphatic heterocycles. The van der Waals surface area contributed by atoms with E-state index < -0.39 is 5.97 Å². The lowest BCUT2D eigenvalue weighted by Crippen LogP contribution is -2.17. The Morgan fingerprint density at radius 1 is 1.57 bits per heavy atom. The quantitative estimate of drug-likeness (QED) is 0.726. The minimum Gasteiger partial charge on any atom is -0.487 e. The van der Waals surface area contributed by atoms with Crippen LogP contribution in [0.25, 0.3) is 0 Å². The average Bonchev–Trinajstić information content (AvgIpc) is 2.58. The first-order valence-corrected chi connectivity index (χ1v) is 4.34. The van der Waals surface area contributed by atoms with Gasteiger partial charge in [-0.2, -0.15) is 0 Å². The first-order chi connectivity index (χ1) is 6.70. The summed E-state index contributed by atoms with van der Waals surface area (Å²) in [5.41, 5.74) is 1.11. The number of hydrogen-bond acceptors (Lipinski definition) is 3. The van der Waals surface area contributed by atoms with Crippen molar-refractivity contribution in [3.05, 3.63) is 29.3 Å². The van der Waals surface area contributed by atoms with Gasteiger partial charge in [-0.1, -0.05) is 0 Å². The van der Waals surface area contributed by atoms with Crippen molar-refractivity contribution in [3.8, 4) is 5.75 Å². The largest absolute Gasteiger partial charge is 0.487 e. The van der Waals surface area contributed by atoms with Gasteiger partial charge < -0.3 is 14.9 Å². The van der Waals surface area contributed by atoms with Crippen molar-refractivity contribution >= 4 is 5.97 Å². The van der Waals surface area contributed by atoms with Crippen LogP contribution in [0, 0.1) is 0 Å². The second kappa shape index (κ2) is 3.31. The van der Waals surface area contributed by atoms with Gasteiger partial charge >= 0.3 is 5.97 Å². The summed E-state index contributed by atoms with van der Waals surface area (Å²) in [4.78, 5) is 10.7. The van der Waals surface area contributed by atoms with Crippen LogP contribution in [0.15, 0.2) is 18.2 Å². The number of carbonyl (C=O) groups is 1. The third kappa shape index (κ3) is 1.44. The van der Waals surface area contributed by atoms with E-state index in [0.29, 0.717) is 12.2 Å². The normalized spacial score (nSPS) is 18.8. The molecular formula is C10H10O4. The Morgan fingerprint density at radius 3 is 3.00 bits per heavy atom. The number of aromatic carboxylic acids is 1. The fourth-order valence-corrected chi connectivity index (χ4v) is 1.56. The summed E-state index contributed by atoms with van der Waals surface area (Å²) in [6, 6.07) is 4.72. The van der Waals surface area contributed by atoms with E-state index in [1.165, 1.54) is 6.07 Å². The predicted octanol–water partition coefficient (Wildman–Crippen LogP) is 0.681. The number of benzene rings is 1. The average molecular weight is 194 g/mol. The number of carboxylic acids is 1. The molecular weight excluding hydrogens is 184 g/mol. The summed E-state index contributed by atoms with van der Waals surface area (Å²) in [5.74, 6) is -0.269. The molecule has 14 heavy (non-hydrogen) atoms. The number of hydrogen-bond donors (Lipinski definition) is 2. The van der Waals surface area contributed by atoms with Gasteiger partial charge in [0, 0.05) is 6.42 Å². The molecule has 4 heteroatoms. The summed E-state index contributed by atoms with van der Waals surface area (Å²) in [6.07, 6.45) is 0.349. The molecule has 0 spiro atoms. The van der Waals surface area contributed by atoms with Gasteiger partial charge in [-0.3, -0.25) is 0 Å². The second-order valence-electron chi connectivity index (χ2n) is 3.25. The summed E-state index contributed by atoms with van der Waals surface area (Å²) in [6.45, 7) is -0.0446. The van der Waals surface area contributed by atoms with E-state index in [1.54, 1.807) is 12.1 Å². The number of ether oxygens (including phenoxy) is 1. The van der Waals surface area contributed by atoms with Gasteiger partial charge in [-0.05, 0) is 23.8 Å². The zero-order chi connectivity index (χ0) is 10.1. The van der Waals surface area contributed by atoms with Crippen LogP contribution < -0.4 is 4.74 Å². The molecule has 0 aromatic heterocycles. The van der Waals surface area contributed by atoms with Gasteiger partial charge in [-0.25, -0.2) is 4.79 Å². The van der Waals surface area contributed by atoms with E-state index in [9.17, 15) is 4.79 Å². The minimum atomic E-state index is -0.944.